The van der Waals surface area contributed by atoms with Crippen LogP contribution in [0, 0.1) is 0 Å². The van der Waals surface area contributed by atoms with Gasteiger partial charge in [0.2, 0.25) is 5.88 Å². The predicted molar refractivity (Wildman–Crippen MR) is 54.9 cm³/mol. The van der Waals surface area contributed by atoms with E-state index in [1.165, 1.54) is 4.90 Å². The number of anilines is 1. The molecule has 0 aromatic carbocycles. The molecular weight excluding hydrogens is 220 g/mol. The van der Waals surface area contributed by atoms with Gasteiger partial charge in [-0.05, 0) is 17.7 Å². The summed E-state index contributed by atoms with van der Waals surface area (Å²) in [6.45, 7) is 0.791. The molecule has 2 rings (SSSR count). The Hall–Kier alpha value is -1.04. The van der Waals surface area contributed by atoms with Crippen molar-refractivity contribution in [3.8, 4) is 0 Å². The highest BCUT2D eigenvalue weighted by atomic mass is 35.5. The van der Waals surface area contributed by atoms with Crippen LogP contribution in [-0.4, -0.2) is 31.7 Å². The third kappa shape index (κ3) is 1.99. The van der Waals surface area contributed by atoms with Crippen LogP contribution < -0.4 is 10.6 Å². The third-order valence-corrected chi connectivity index (χ3v) is 2.44. The summed E-state index contributed by atoms with van der Waals surface area (Å²) in [5.74, 6) is 0.256. The Balaban J connectivity index is 2.26. The van der Waals surface area contributed by atoms with Gasteiger partial charge in [0.25, 0.3) is 5.91 Å². The molecule has 1 aliphatic rings. The van der Waals surface area contributed by atoms with Gasteiger partial charge in [-0.1, -0.05) is 0 Å². The van der Waals surface area contributed by atoms with Crippen molar-refractivity contribution in [2.45, 2.75) is 6.04 Å². The molecule has 82 valence electrons. The van der Waals surface area contributed by atoms with Crippen LogP contribution in [-0.2, 0) is 9.53 Å². The number of furan rings is 1. The van der Waals surface area contributed by atoms with Crippen LogP contribution in [0.25, 0.3) is 0 Å². The molecule has 0 radical (unpaired) electrons. The Kier molecular flexibility index (Phi) is 2.95. The zero-order valence-corrected chi connectivity index (χ0v) is 8.74. The Bertz CT molecular complexity index is 366. The molecule has 0 aliphatic carbocycles. The smallest absolute Gasteiger partial charge is 0.255 e. The van der Waals surface area contributed by atoms with Crippen LogP contribution in [0.15, 0.2) is 16.5 Å². The number of ether oxygens (including phenoxy) is 1. The molecule has 6 heteroatoms. The Morgan fingerprint density at radius 2 is 2.40 bits per heavy atom. The van der Waals surface area contributed by atoms with Gasteiger partial charge in [0.05, 0.1) is 12.6 Å². The molecule has 1 fully saturated rings. The quantitative estimate of drug-likeness (QED) is 0.809. The zero-order valence-electron chi connectivity index (χ0n) is 7.98. The Morgan fingerprint density at radius 3 is 3.00 bits per heavy atom. The van der Waals surface area contributed by atoms with Gasteiger partial charge < -0.3 is 14.9 Å². The summed E-state index contributed by atoms with van der Waals surface area (Å²) in [6, 6.07) is 3.05. The molecule has 0 saturated carbocycles. The minimum absolute atomic E-state index is 0.0504. The molecule has 5 nitrogen and oxygen atoms in total. The van der Waals surface area contributed by atoms with Gasteiger partial charge >= 0.3 is 0 Å². The fourth-order valence-corrected chi connectivity index (χ4v) is 1.68. The number of hydrogen-bond acceptors (Lipinski definition) is 4. The molecule has 1 aromatic rings. The van der Waals surface area contributed by atoms with Gasteiger partial charge in [-0.25, -0.2) is 0 Å². The van der Waals surface area contributed by atoms with Gasteiger partial charge in [-0.3, -0.25) is 9.69 Å². The third-order valence-electron chi connectivity index (χ3n) is 2.24. The van der Waals surface area contributed by atoms with Crippen LogP contribution in [0.2, 0.25) is 5.22 Å². The molecule has 15 heavy (non-hydrogen) atoms. The molecule has 2 N–H and O–H groups in total. The highest BCUT2D eigenvalue weighted by Crippen LogP contribution is 2.25. The van der Waals surface area contributed by atoms with Gasteiger partial charge in [-0.2, -0.15) is 0 Å². The highest BCUT2D eigenvalue weighted by Gasteiger charge is 2.31. The minimum atomic E-state index is -0.187. The van der Waals surface area contributed by atoms with Crippen LogP contribution in [0.4, 0.5) is 5.88 Å². The van der Waals surface area contributed by atoms with Crippen LogP contribution in [0.3, 0.4) is 0 Å². The Morgan fingerprint density at radius 1 is 1.60 bits per heavy atom. The second-order valence-corrected chi connectivity index (χ2v) is 3.62. The summed E-state index contributed by atoms with van der Waals surface area (Å²) in [6.07, 6.45) is 0. The molecule has 1 saturated heterocycles. The van der Waals surface area contributed by atoms with E-state index in [0.717, 1.165) is 0 Å². The van der Waals surface area contributed by atoms with E-state index in [1.807, 2.05) is 0 Å². The maximum absolute atomic E-state index is 11.6. The van der Waals surface area contributed by atoms with Crippen LogP contribution >= 0.6 is 11.6 Å². The monoisotopic (exact) mass is 230 g/mol. The lowest BCUT2D eigenvalue weighted by Gasteiger charge is -2.32. The number of amides is 1. The summed E-state index contributed by atoms with van der Waals surface area (Å²) in [5, 5.41) is 0.250. The average molecular weight is 231 g/mol. The number of rotatable bonds is 2. The minimum Gasteiger partial charge on any atom is -0.429 e. The first-order valence-corrected chi connectivity index (χ1v) is 4.95. The summed E-state index contributed by atoms with van der Waals surface area (Å²) < 4.78 is 10.3. The fraction of sp³-hybridized carbons (Fsp3) is 0.444. The van der Waals surface area contributed by atoms with Gasteiger partial charge in [0.15, 0.2) is 5.22 Å². The largest absolute Gasteiger partial charge is 0.429 e. The van der Waals surface area contributed by atoms with E-state index >= 15 is 0 Å². The number of carbonyl (C=O) groups is 1. The summed E-state index contributed by atoms with van der Waals surface area (Å²) in [7, 11) is 0. The van der Waals surface area contributed by atoms with Crippen LogP contribution in [0.1, 0.15) is 0 Å². The zero-order chi connectivity index (χ0) is 10.8. The van der Waals surface area contributed by atoms with Crippen molar-refractivity contribution in [3.05, 3.63) is 17.4 Å². The molecule has 1 amide bonds. The first-order chi connectivity index (χ1) is 7.22. The SMILES string of the molecule is NCC1COCC(=O)N1c1ccc(Cl)o1. The van der Waals surface area contributed by atoms with E-state index in [4.69, 9.17) is 26.5 Å². The van der Waals surface area contributed by atoms with Crippen molar-refractivity contribution < 1.29 is 13.9 Å². The molecule has 2 heterocycles. The standard InChI is InChI=1S/C9H11ClN2O3/c10-7-1-2-9(15-7)12-6(3-11)4-14-5-8(12)13/h1-2,6H,3-5,11H2. The van der Waals surface area contributed by atoms with E-state index in [2.05, 4.69) is 0 Å². The lowest BCUT2D eigenvalue weighted by molar-refractivity contribution is -0.127. The number of nitrogens with two attached hydrogens (primary N) is 1. The van der Waals surface area contributed by atoms with E-state index in [1.54, 1.807) is 12.1 Å². The van der Waals surface area contributed by atoms with Crippen molar-refractivity contribution in [2.75, 3.05) is 24.7 Å². The van der Waals surface area contributed by atoms with Crippen LogP contribution in [0.5, 0.6) is 0 Å². The number of carbonyl (C=O) groups excluding carboxylic acids is 1. The number of hydrogen-bond donors (Lipinski definition) is 1. The van der Waals surface area contributed by atoms with Crippen molar-refractivity contribution in [1.29, 1.82) is 0 Å². The number of nitrogens with zero attached hydrogens (tertiary/aromatic N) is 1. The summed E-state index contributed by atoms with van der Waals surface area (Å²) >= 11 is 5.65. The second kappa shape index (κ2) is 4.22. The van der Waals surface area contributed by atoms with Gasteiger partial charge in [0, 0.05) is 12.6 Å². The first kappa shape index (κ1) is 10.5. The van der Waals surface area contributed by atoms with Crippen molar-refractivity contribution in [3.63, 3.8) is 0 Å². The summed E-state index contributed by atoms with van der Waals surface area (Å²) in [5.41, 5.74) is 5.55. The van der Waals surface area contributed by atoms with E-state index in [9.17, 15) is 4.79 Å². The molecule has 1 unspecified atom stereocenters. The highest BCUT2D eigenvalue weighted by molar-refractivity contribution is 6.29. The fourth-order valence-electron chi connectivity index (χ4n) is 1.54. The lowest BCUT2D eigenvalue weighted by Crippen LogP contribution is -2.52. The van der Waals surface area contributed by atoms with Crippen molar-refractivity contribution in [2.24, 2.45) is 5.73 Å². The van der Waals surface area contributed by atoms with E-state index < -0.39 is 0 Å². The lowest BCUT2D eigenvalue weighted by atomic mass is 10.2. The molecule has 0 bridgehead atoms. The molecular formula is C9H11ClN2O3. The topological polar surface area (TPSA) is 68.7 Å². The van der Waals surface area contributed by atoms with Gasteiger partial charge in [-0.15, -0.1) is 0 Å². The molecule has 1 aliphatic heterocycles. The molecule has 1 aromatic heterocycles. The normalized spacial score (nSPS) is 22.1. The summed E-state index contributed by atoms with van der Waals surface area (Å²) in [4.78, 5) is 13.1. The molecule has 1 atom stereocenters. The number of halogens is 1. The van der Waals surface area contributed by atoms with E-state index in [-0.39, 0.29) is 23.8 Å². The second-order valence-electron chi connectivity index (χ2n) is 3.25. The van der Waals surface area contributed by atoms with Gasteiger partial charge in [0.1, 0.15) is 6.61 Å². The number of morpholine rings is 1. The molecule has 0 spiro atoms. The first-order valence-electron chi connectivity index (χ1n) is 4.57. The van der Waals surface area contributed by atoms with E-state index in [0.29, 0.717) is 19.0 Å². The maximum Gasteiger partial charge on any atom is 0.255 e. The average Bonchev–Trinajstić information content (AvgIpc) is 2.64. The maximum atomic E-state index is 11.6. The predicted octanol–water partition coefficient (Wildman–Crippen LogP) is 0.624. The van der Waals surface area contributed by atoms with Crippen molar-refractivity contribution in [1.82, 2.24) is 0 Å². The van der Waals surface area contributed by atoms with Crippen molar-refractivity contribution >= 4 is 23.4 Å². The Labute approximate surface area is 91.7 Å².